The number of nitrogens with one attached hydrogen (secondary N) is 2. The lowest BCUT2D eigenvalue weighted by Gasteiger charge is -2.32. The standard InChI is InChI=1S/C23H31N3O4/c1-5-30-19-9-8-17(12-20(19)29-4)13-24-22(27)18-7-6-10-26(14-18)23(28)21-15(2)11-16(3)25-21/h8-9,11-12,18,25H,5-7,10,13-14H2,1-4H3,(H,24,27)/t18-/m0/s1. The van der Waals surface area contributed by atoms with Gasteiger partial charge in [0.15, 0.2) is 11.5 Å². The van der Waals surface area contributed by atoms with Crippen LogP contribution >= 0.6 is 0 Å². The van der Waals surface area contributed by atoms with Crippen LogP contribution in [-0.4, -0.2) is 48.5 Å². The van der Waals surface area contributed by atoms with Crippen molar-refractivity contribution in [3.63, 3.8) is 0 Å². The second-order valence-electron chi connectivity index (χ2n) is 7.74. The van der Waals surface area contributed by atoms with E-state index >= 15 is 0 Å². The predicted molar refractivity (Wildman–Crippen MR) is 115 cm³/mol. The number of amides is 2. The minimum absolute atomic E-state index is 0.0280. The summed E-state index contributed by atoms with van der Waals surface area (Å²) in [6.45, 7) is 7.86. The number of rotatable bonds is 7. The number of benzene rings is 1. The van der Waals surface area contributed by atoms with Gasteiger partial charge in [0.1, 0.15) is 5.69 Å². The summed E-state index contributed by atoms with van der Waals surface area (Å²) in [5, 5.41) is 3.01. The molecule has 2 aromatic rings. The molecular weight excluding hydrogens is 382 g/mol. The molecule has 2 N–H and O–H groups in total. The molecule has 1 aromatic heterocycles. The van der Waals surface area contributed by atoms with Crippen molar-refractivity contribution in [1.82, 2.24) is 15.2 Å². The van der Waals surface area contributed by atoms with E-state index in [-0.39, 0.29) is 17.7 Å². The van der Waals surface area contributed by atoms with Gasteiger partial charge in [0.25, 0.3) is 5.91 Å². The monoisotopic (exact) mass is 413 g/mol. The molecule has 1 saturated heterocycles. The van der Waals surface area contributed by atoms with E-state index in [0.29, 0.717) is 43.4 Å². The minimum Gasteiger partial charge on any atom is -0.493 e. The zero-order valence-electron chi connectivity index (χ0n) is 18.2. The molecule has 1 aromatic carbocycles. The summed E-state index contributed by atoms with van der Waals surface area (Å²) >= 11 is 0. The number of hydrogen-bond donors (Lipinski definition) is 2. The first-order valence-corrected chi connectivity index (χ1v) is 10.5. The molecule has 1 aliphatic rings. The van der Waals surface area contributed by atoms with Gasteiger partial charge in [-0.1, -0.05) is 6.07 Å². The average Bonchev–Trinajstić information content (AvgIpc) is 3.10. The number of nitrogens with zero attached hydrogens (tertiary/aromatic N) is 1. The Morgan fingerprint density at radius 3 is 2.70 bits per heavy atom. The van der Waals surface area contributed by atoms with Gasteiger partial charge in [0, 0.05) is 25.3 Å². The zero-order chi connectivity index (χ0) is 21.7. The molecule has 1 fully saturated rings. The first kappa shape index (κ1) is 21.7. The molecule has 0 radical (unpaired) electrons. The zero-order valence-corrected chi connectivity index (χ0v) is 18.2. The molecule has 0 unspecified atom stereocenters. The number of likely N-dealkylation sites (tertiary alicyclic amines) is 1. The van der Waals surface area contributed by atoms with Gasteiger partial charge in [0.05, 0.1) is 19.6 Å². The van der Waals surface area contributed by atoms with Crippen molar-refractivity contribution in [1.29, 1.82) is 0 Å². The van der Waals surface area contributed by atoms with Crippen LogP contribution in [0.3, 0.4) is 0 Å². The van der Waals surface area contributed by atoms with E-state index in [9.17, 15) is 9.59 Å². The number of aryl methyl sites for hydroxylation is 2. The fourth-order valence-electron chi connectivity index (χ4n) is 3.91. The van der Waals surface area contributed by atoms with Crippen LogP contribution in [0.5, 0.6) is 11.5 Å². The van der Waals surface area contributed by atoms with E-state index in [0.717, 1.165) is 29.7 Å². The van der Waals surface area contributed by atoms with Gasteiger partial charge >= 0.3 is 0 Å². The molecule has 1 aliphatic heterocycles. The van der Waals surface area contributed by atoms with E-state index in [1.54, 1.807) is 12.0 Å². The number of H-pyrrole nitrogens is 1. The van der Waals surface area contributed by atoms with E-state index < -0.39 is 0 Å². The SMILES string of the molecule is CCOc1ccc(CNC(=O)[C@H]2CCCN(C(=O)c3[nH]c(C)cc3C)C2)cc1OC. The molecule has 162 valence electrons. The lowest BCUT2D eigenvalue weighted by molar-refractivity contribution is -0.126. The normalized spacial score (nSPS) is 16.3. The van der Waals surface area contributed by atoms with Crippen molar-refractivity contribution in [2.45, 2.75) is 40.2 Å². The molecule has 0 aliphatic carbocycles. The Kier molecular flexibility index (Phi) is 7.03. The Morgan fingerprint density at radius 2 is 2.03 bits per heavy atom. The summed E-state index contributed by atoms with van der Waals surface area (Å²) in [5.74, 6) is 1.07. The number of carbonyl (C=O) groups is 2. The summed E-state index contributed by atoms with van der Waals surface area (Å²) in [7, 11) is 1.60. The van der Waals surface area contributed by atoms with Gasteiger partial charge in [-0.3, -0.25) is 9.59 Å². The van der Waals surface area contributed by atoms with E-state index in [1.165, 1.54) is 0 Å². The van der Waals surface area contributed by atoms with Crippen molar-refractivity contribution in [3.8, 4) is 11.5 Å². The number of methoxy groups -OCH3 is 1. The number of piperidine rings is 1. The molecule has 7 heteroatoms. The third-order valence-corrected chi connectivity index (χ3v) is 5.44. The maximum absolute atomic E-state index is 12.9. The molecule has 7 nitrogen and oxygen atoms in total. The maximum Gasteiger partial charge on any atom is 0.270 e. The third kappa shape index (κ3) is 4.96. The highest BCUT2D eigenvalue weighted by Crippen LogP contribution is 2.28. The Hall–Kier alpha value is -2.96. The van der Waals surface area contributed by atoms with E-state index in [2.05, 4.69) is 10.3 Å². The largest absolute Gasteiger partial charge is 0.493 e. The molecule has 2 amide bonds. The number of hydrogen-bond acceptors (Lipinski definition) is 4. The topological polar surface area (TPSA) is 83.7 Å². The summed E-state index contributed by atoms with van der Waals surface area (Å²) < 4.78 is 10.9. The molecule has 1 atom stereocenters. The Balaban J connectivity index is 1.59. The van der Waals surface area contributed by atoms with E-state index in [1.807, 2.05) is 45.0 Å². The predicted octanol–water partition coefficient (Wildman–Crippen LogP) is 3.21. The molecule has 3 rings (SSSR count). The van der Waals surface area contributed by atoms with Crippen LogP contribution in [0.4, 0.5) is 0 Å². The van der Waals surface area contributed by atoms with Crippen molar-refractivity contribution < 1.29 is 19.1 Å². The summed E-state index contributed by atoms with van der Waals surface area (Å²) in [4.78, 5) is 30.6. The lowest BCUT2D eigenvalue weighted by atomic mass is 9.96. The van der Waals surface area contributed by atoms with Gasteiger partial charge in [-0.15, -0.1) is 0 Å². The number of carbonyl (C=O) groups excluding carboxylic acids is 2. The molecule has 0 bridgehead atoms. The van der Waals surface area contributed by atoms with Gasteiger partial charge in [-0.25, -0.2) is 0 Å². The molecule has 0 spiro atoms. The number of aromatic amines is 1. The van der Waals surface area contributed by atoms with Crippen LogP contribution in [-0.2, 0) is 11.3 Å². The minimum atomic E-state index is -0.205. The Labute approximate surface area is 177 Å². The lowest BCUT2D eigenvalue weighted by Crippen LogP contribution is -2.45. The number of ether oxygens (including phenoxy) is 2. The molecule has 2 heterocycles. The van der Waals surface area contributed by atoms with Crippen molar-refractivity contribution >= 4 is 11.8 Å². The quantitative estimate of drug-likeness (QED) is 0.730. The van der Waals surface area contributed by atoms with Gasteiger partial charge in [-0.2, -0.15) is 0 Å². The summed E-state index contributed by atoms with van der Waals surface area (Å²) in [5.41, 5.74) is 3.46. The van der Waals surface area contributed by atoms with Crippen LogP contribution < -0.4 is 14.8 Å². The average molecular weight is 414 g/mol. The summed E-state index contributed by atoms with van der Waals surface area (Å²) in [6.07, 6.45) is 1.60. The fraction of sp³-hybridized carbons (Fsp3) is 0.478. The van der Waals surface area contributed by atoms with Crippen LogP contribution in [0.1, 0.15) is 47.1 Å². The van der Waals surface area contributed by atoms with Gasteiger partial charge in [-0.05, 0) is 62.9 Å². The van der Waals surface area contributed by atoms with Crippen LogP contribution in [0.2, 0.25) is 0 Å². The van der Waals surface area contributed by atoms with Gasteiger partial charge in [0.2, 0.25) is 5.91 Å². The summed E-state index contributed by atoms with van der Waals surface area (Å²) in [6, 6.07) is 7.61. The molecular formula is C23H31N3O4. The highest BCUT2D eigenvalue weighted by molar-refractivity contribution is 5.94. The van der Waals surface area contributed by atoms with Crippen molar-refractivity contribution in [3.05, 3.63) is 46.8 Å². The van der Waals surface area contributed by atoms with Crippen molar-refractivity contribution in [2.24, 2.45) is 5.92 Å². The van der Waals surface area contributed by atoms with Crippen LogP contribution in [0, 0.1) is 19.8 Å². The first-order valence-electron chi connectivity index (χ1n) is 10.5. The third-order valence-electron chi connectivity index (χ3n) is 5.44. The smallest absolute Gasteiger partial charge is 0.270 e. The molecule has 30 heavy (non-hydrogen) atoms. The Morgan fingerprint density at radius 1 is 1.23 bits per heavy atom. The van der Waals surface area contributed by atoms with Crippen LogP contribution in [0.25, 0.3) is 0 Å². The van der Waals surface area contributed by atoms with E-state index in [4.69, 9.17) is 9.47 Å². The maximum atomic E-state index is 12.9. The first-order chi connectivity index (χ1) is 14.4. The van der Waals surface area contributed by atoms with Crippen molar-refractivity contribution in [2.75, 3.05) is 26.8 Å². The molecule has 0 saturated carbocycles. The Bertz CT molecular complexity index is 906. The highest BCUT2D eigenvalue weighted by Gasteiger charge is 2.30. The van der Waals surface area contributed by atoms with Crippen LogP contribution in [0.15, 0.2) is 24.3 Å². The fourth-order valence-corrected chi connectivity index (χ4v) is 3.91. The number of aromatic nitrogens is 1. The van der Waals surface area contributed by atoms with Gasteiger partial charge < -0.3 is 24.7 Å². The second-order valence-corrected chi connectivity index (χ2v) is 7.74. The highest BCUT2D eigenvalue weighted by atomic mass is 16.5. The second kappa shape index (κ2) is 9.69.